The lowest BCUT2D eigenvalue weighted by Crippen LogP contribution is -2.26. The SMILES string of the molecule is CCN(Cc1cccs1)c1ncccc1C(C)NC. The molecule has 0 bridgehead atoms. The summed E-state index contributed by atoms with van der Waals surface area (Å²) in [6, 6.07) is 8.74. The average Bonchev–Trinajstić information content (AvgIpc) is 2.97. The molecule has 1 unspecified atom stereocenters. The van der Waals surface area contributed by atoms with Gasteiger partial charge in [0.05, 0.1) is 6.54 Å². The Morgan fingerprint density at radius 3 is 2.84 bits per heavy atom. The first-order chi connectivity index (χ1) is 9.26. The van der Waals surface area contributed by atoms with E-state index in [0.29, 0.717) is 6.04 Å². The van der Waals surface area contributed by atoms with Crippen LogP contribution >= 0.6 is 11.3 Å². The molecule has 0 aliphatic rings. The number of nitrogens with zero attached hydrogens (tertiary/aromatic N) is 2. The van der Waals surface area contributed by atoms with E-state index in [1.807, 2.05) is 19.3 Å². The minimum absolute atomic E-state index is 0.307. The molecule has 0 spiro atoms. The summed E-state index contributed by atoms with van der Waals surface area (Å²) < 4.78 is 0. The maximum Gasteiger partial charge on any atom is 0.133 e. The van der Waals surface area contributed by atoms with E-state index >= 15 is 0 Å². The van der Waals surface area contributed by atoms with E-state index in [9.17, 15) is 0 Å². The fraction of sp³-hybridized carbons (Fsp3) is 0.400. The highest BCUT2D eigenvalue weighted by Gasteiger charge is 2.15. The summed E-state index contributed by atoms with van der Waals surface area (Å²) in [6.07, 6.45) is 1.87. The second-order valence-corrected chi connectivity index (χ2v) is 5.55. The van der Waals surface area contributed by atoms with E-state index < -0.39 is 0 Å². The average molecular weight is 275 g/mol. The van der Waals surface area contributed by atoms with Crippen molar-refractivity contribution in [1.29, 1.82) is 0 Å². The van der Waals surface area contributed by atoms with Crippen LogP contribution in [0.25, 0.3) is 0 Å². The van der Waals surface area contributed by atoms with Gasteiger partial charge in [-0.1, -0.05) is 12.1 Å². The van der Waals surface area contributed by atoms with Gasteiger partial charge < -0.3 is 10.2 Å². The van der Waals surface area contributed by atoms with Crippen molar-refractivity contribution in [3.05, 3.63) is 46.3 Å². The Morgan fingerprint density at radius 2 is 2.21 bits per heavy atom. The van der Waals surface area contributed by atoms with E-state index in [-0.39, 0.29) is 0 Å². The van der Waals surface area contributed by atoms with Crippen LogP contribution in [0.4, 0.5) is 5.82 Å². The van der Waals surface area contributed by atoms with Crippen molar-refractivity contribution < 1.29 is 0 Å². The minimum atomic E-state index is 0.307. The van der Waals surface area contributed by atoms with Gasteiger partial charge in [0.1, 0.15) is 5.82 Å². The third-order valence-corrected chi connectivity index (χ3v) is 4.19. The smallest absolute Gasteiger partial charge is 0.133 e. The highest BCUT2D eigenvalue weighted by Crippen LogP contribution is 2.25. The maximum atomic E-state index is 4.59. The van der Waals surface area contributed by atoms with Crippen molar-refractivity contribution in [2.24, 2.45) is 0 Å². The zero-order valence-corrected chi connectivity index (χ0v) is 12.6. The summed E-state index contributed by atoms with van der Waals surface area (Å²) in [4.78, 5) is 8.29. The summed E-state index contributed by atoms with van der Waals surface area (Å²) in [5.41, 5.74) is 1.25. The lowest BCUT2D eigenvalue weighted by Gasteiger charge is -2.25. The number of thiophene rings is 1. The van der Waals surface area contributed by atoms with Crippen LogP contribution in [0.1, 0.15) is 30.3 Å². The van der Waals surface area contributed by atoms with E-state index in [1.165, 1.54) is 10.4 Å². The Kier molecular flexibility index (Phi) is 4.93. The van der Waals surface area contributed by atoms with Gasteiger partial charge in [0.2, 0.25) is 0 Å². The van der Waals surface area contributed by atoms with Crippen LogP contribution in [0.5, 0.6) is 0 Å². The first-order valence-corrected chi connectivity index (χ1v) is 7.53. The molecule has 0 saturated carbocycles. The Hall–Kier alpha value is -1.39. The summed E-state index contributed by atoms with van der Waals surface area (Å²) >= 11 is 1.80. The third kappa shape index (κ3) is 3.33. The Labute approximate surface area is 119 Å². The van der Waals surface area contributed by atoms with Crippen LogP contribution in [-0.2, 0) is 6.54 Å². The van der Waals surface area contributed by atoms with E-state index in [4.69, 9.17) is 0 Å². The molecule has 2 aromatic rings. The summed E-state index contributed by atoms with van der Waals surface area (Å²) in [5.74, 6) is 1.08. The molecule has 0 aromatic carbocycles. The largest absolute Gasteiger partial charge is 0.351 e. The molecule has 102 valence electrons. The molecule has 0 aliphatic carbocycles. The molecule has 0 fully saturated rings. The van der Waals surface area contributed by atoms with Crippen molar-refractivity contribution in [2.75, 3.05) is 18.5 Å². The van der Waals surface area contributed by atoms with Crippen LogP contribution in [0.2, 0.25) is 0 Å². The number of aromatic nitrogens is 1. The fourth-order valence-corrected chi connectivity index (χ4v) is 2.81. The lowest BCUT2D eigenvalue weighted by atomic mass is 10.1. The first kappa shape index (κ1) is 14.0. The lowest BCUT2D eigenvalue weighted by molar-refractivity contribution is 0.643. The van der Waals surface area contributed by atoms with Gasteiger partial charge in [-0.2, -0.15) is 0 Å². The van der Waals surface area contributed by atoms with Gasteiger partial charge >= 0.3 is 0 Å². The summed E-state index contributed by atoms with van der Waals surface area (Å²) in [5, 5.41) is 5.42. The van der Waals surface area contributed by atoms with Gasteiger partial charge in [0.15, 0.2) is 0 Å². The minimum Gasteiger partial charge on any atom is -0.351 e. The van der Waals surface area contributed by atoms with Gasteiger partial charge in [-0.15, -0.1) is 11.3 Å². The topological polar surface area (TPSA) is 28.2 Å². The fourth-order valence-electron chi connectivity index (χ4n) is 2.09. The van der Waals surface area contributed by atoms with Crippen LogP contribution in [0, 0.1) is 0 Å². The second-order valence-electron chi connectivity index (χ2n) is 4.52. The number of hydrogen-bond acceptors (Lipinski definition) is 4. The van der Waals surface area contributed by atoms with Crippen molar-refractivity contribution >= 4 is 17.2 Å². The zero-order chi connectivity index (χ0) is 13.7. The molecule has 4 heteroatoms. The molecule has 19 heavy (non-hydrogen) atoms. The first-order valence-electron chi connectivity index (χ1n) is 6.65. The van der Waals surface area contributed by atoms with Crippen LogP contribution in [0.15, 0.2) is 35.8 Å². The van der Waals surface area contributed by atoms with Crippen molar-refractivity contribution in [1.82, 2.24) is 10.3 Å². The Balaban J connectivity index is 2.27. The van der Waals surface area contributed by atoms with E-state index in [0.717, 1.165) is 18.9 Å². The quantitative estimate of drug-likeness (QED) is 0.875. The summed E-state index contributed by atoms with van der Waals surface area (Å²) in [7, 11) is 1.98. The van der Waals surface area contributed by atoms with Crippen LogP contribution in [0.3, 0.4) is 0 Å². The molecule has 1 atom stereocenters. The monoisotopic (exact) mass is 275 g/mol. The number of nitrogens with one attached hydrogen (secondary N) is 1. The number of hydrogen-bond donors (Lipinski definition) is 1. The van der Waals surface area contributed by atoms with Crippen molar-refractivity contribution in [3.8, 4) is 0 Å². The molecule has 3 nitrogen and oxygen atoms in total. The second kappa shape index (κ2) is 6.68. The van der Waals surface area contributed by atoms with Gasteiger partial charge in [0, 0.05) is 29.2 Å². The van der Waals surface area contributed by atoms with Crippen molar-refractivity contribution in [2.45, 2.75) is 26.4 Å². The van der Waals surface area contributed by atoms with E-state index in [1.54, 1.807) is 11.3 Å². The maximum absolute atomic E-state index is 4.59. The predicted molar refractivity (Wildman–Crippen MR) is 82.8 cm³/mol. The normalized spacial score (nSPS) is 12.4. The zero-order valence-electron chi connectivity index (χ0n) is 11.8. The third-order valence-electron chi connectivity index (χ3n) is 3.32. The molecular formula is C15H21N3S. The van der Waals surface area contributed by atoms with Gasteiger partial charge in [0.25, 0.3) is 0 Å². The van der Waals surface area contributed by atoms with Crippen LogP contribution < -0.4 is 10.2 Å². The molecule has 2 heterocycles. The molecule has 1 N–H and O–H groups in total. The molecule has 0 amide bonds. The Morgan fingerprint density at radius 1 is 1.37 bits per heavy atom. The highest BCUT2D eigenvalue weighted by atomic mass is 32.1. The molecule has 0 saturated heterocycles. The molecule has 0 radical (unpaired) electrons. The van der Waals surface area contributed by atoms with Crippen LogP contribution in [-0.4, -0.2) is 18.6 Å². The summed E-state index contributed by atoms with van der Waals surface area (Å²) in [6.45, 7) is 6.22. The number of rotatable bonds is 6. The van der Waals surface area contributed by atoms with Crippen molar-refractivity contribution in [3.63, 3.8) is 0 Å². The number of pyridine rings is 1. The molecule has 2 aromatic heterocycles. The van der Waals surface area contributed by atoms with Gasteiger partial charge in [-0.05, 0) is 38.4 Å². The van der Waals surface area contributed by atoms with Gasteiger partial charge in [-0.3, -0.25) is 0 Å². The number of anilines is 1. The van der Waals surface area contributed by atoms with Gasteiger partial charge in [-0.25, -0.2) is 4.98 Å². The molecule has 2 rings (SSSR count). The molecule has 0 aliphatic heterocycles. The molecular weight excluding hydrogens is 254 g/mol. The highest BCUT2D eigenvalue weighted by molar-refractivity contribution is 7.09. The van der Waals surface area contributed by atoms with E-state index in [2.05, 4.69) is 52.6 Å². The predicted octanol–water partition coefficient (Wildman–Crippen LogP) is 3.45. The Bertz CT molecular complexity index is 496. The standard InChI is InChI=1S/C15H21N3S/c1-4-18(11-13-7-6-10-19-13)15-14(12(2)16-3)8-5-9-17-15/h5-10,12,16H,4,11H2,1-3H3.